The smallest absolute Gasteiger partial charge is 0.221 e. The summed E-state index contributed by atoms with van der Waals surface area (Å²) in [6.45, 7) is 7.65. The number of likely N-dealkylation sites (tertiary alicyclic amines) is 1. The zero-order valence-corrected chi connectivity index (χ0v) is 10.8. The van der Waals surface area contributed by atoms with Crippen molar-refractivity contribution in [3.05, 3.63) is 0 Å². The summed E-state index contributed by atoms with van der Waals surface area (Å²) in [5.74, 6) is 0.106. The normalized spacial score (nSPS) is 23.3. The zero-order valence-electron chi connectivity index (χ0n) is 10.8. The lowest BCUT2D eigenvalue weighted by molar-refractivity contribution is -0.121. The van der Waals surface area contributed by atoms with Crippen LogP contribution in [0.1, 0.15) is 33.1 Å². The lowest BCUT2D eigenvalue weighted by atomic mass is 10.2. The average molecular weight is 227 g/mol. The van der Waals surface area contributed by atoms with Gasteiger partial charge in [-0.25, -0.2) is 0 Å². The van der Waals surface area contributed by atoms with Crippen molar-refractivity contribution in [3.8, 4) is 0 Å². The summed E-state index contributed by atoms with van der Waals surface area (Å²) >= 11 is 0. The first-order valence-corrected chi connectivity index (χ1v) is 6.31. The fourth-order valence-electron chi connectivity index (χ4n) is 2.23. The molecule has 94 valence electrons. The average Bonchev–Trinajstić information content (AvgIpc) is 2.64. The molecular weight excluding hydrogens is 202 g/mol. The van der Waals surface area contributed by atoms with Gasteiger partial charge in [0.25, 0.3) is 0 Å². The molecule has 1 saturated heterocycles. The molecule has 0 aromatic rings. The van der Waals surface area contributed by atoms with E-state index in [-0.39, 0.29) is 11.9 Å². The van der Waals surface area contributed by atoms with Crippen molar-refractivity contribution in [1.82, 2.24) is 15.5 Å². The first-order valence-electron chi connectivity index (χ1n) is 6.31. The Bertz CT molecular complexity index is 220. The Balaban J connectivity index is 2.08. The molecule has 0 aromatic carbocycles. The van der Waals surface area contributed by atoms with Crippen LogP contribution in [0.2, 0.25) is 0 Å². The third-order valence-electron chi connectivity index (χ3n) is 3.35. The lowest BCUT2D eigenvalue weighted by Crippen LogP contribution is -2.39. The van der Waals surface area contributed by atoms with Crippen LogP contribution in [0.3, 0.4) is 0 Å². The van der Waals surface area contributed by atoms with E-state index in [1.807, 2.05) is 0 Å². The minimum absolute atomic E-state index is 0.106. The van der Waals surface area contributed by atoms with Crippen LogP contribution in [-0.2, 0) is 4.79 Å². The van der Waals surface area contributed by atoms with Crippen LogP contribution in [0.4, 0.5) is 0 Å². The van der Waals surface area contributed by atoms with Gasteiger partial charge in [0.1, 0.15) is 0 Å². The number of hydrogen-bond donors (Lipinski definition) is 2. The van der Waals surface area contributed by atoms with E-state index in [1.54, 1.807) is 7.05 Å². The number of nitrogens with one attached hydrogen (secondary N) is 2. The standard InChI is InChI=1S/C12H25N3O/c1-10(9-12(16)13-3)14-6-8-15-7-4-5-11(15)2/h10-11,14H,4-9H2,1-3H3,(H,13,16). The molecule has 1 heterocycles. The highest BCUT2D eigenvalue weighted by molar-refractivity contribution is 5.76. The third kappa shape index (κ3) is 4.49. The van der Waals surface area contributed by atoms with Crippen molar-refractivity contribution < 1.29 is 4.79 Å². The largest absolute Gasteiger partial charge is 0.359 e. The maximum absolute atomic E-state index is 11.1. The Morgan fingerprint density at radius 2 is 2.31 bits per heavy atom. The molecule has 4 heteroatoms. The monoisotopic (exact) mass is 227 g/mol. The second-order valence-corrected chi connectivity index (χ2v) is 4.76. The first kappa shape index (κ1) is 13.5. The fourth-order valence-corrected chi connectivity index (χ4v) is 2.23. The second-order valence-electron chi connectivity index (χ2n) is 4.76. The SMILES string of the molecule is CNC(=O)CC(C)NCCN1CCCC1C. The molecule has 0 aliphatic carbocycles. The molecule has 0 radical (unpaired) electrons. The Hall–Kier alpha value is -0.610. The van der Waals surface area contributed by atoms with E-state index in [0.29, 0.717) is 6.42 Å². The Kier molecular flexibility index (Phi) is 5.77. The summed E-state index contributed by atoms with van der Waals surface area (Å²) in [5, 5.41) is 6.04. The van der Waals surface area contributed by atoms with Crippen LogP contribution in [0, 0.1) is 0 Å². The van der Waals surface area contributed by atoms with Gasteiger partial charge in [-0.3, -0.25) is 9.69 Å². The number of rotatable bonds is 6. The topological polar surface area (TPSA) is 44.4 Å². The van der Waals surface area contributed by atoms with Crippen molar-refractivity contribution in [1.29, 1.82) is 0 Å². The molecule has 0 aromatic heterocycles. The molecule has 0 saturated carbocycles. The van der Waals surface area contributed by atoms with Gasteiger partial charge in [0, 0.05) is 38.6 Å². The lowest BCUT2D eigenvalue weighted by Gasteiger charge is -2.22. The van der Waals surface area contributed by atoms with E-state index in [1.165, 1.54) is 19.4 Å². The van der Waals surface area contributed by atoms with Gasteiger partial charge in [-0.2, -0.15) is 0 Å². The minimum Gasteiger partial charge on any atom is -0.359 e. The van der Waals surface area contributed by atoms with Crippen molar-refractivity contribution in [2.75, 3.05) is 26.7 Å². The van der Waals surface area contributed by atoms with Crippen molar-refractivity contribution in [2.45, 2.75) is 45.2 Å². The molecule has 1 aliphatic heterocycles. The van der Waals surface area contributed by atoms with Crippen LogP contribution < -0.4 is 10.6 Å². The number of carbonyl (C=O) groups is 1. The minimum atomic E-state index is 0.106. The van der Waals surface area contributed by atoms with Gasteiger partial charge in [0.15, 0.2) is 0 Å². The van der Waals surface area contributed by atoms with E-state index in [0.717, 1.165) is 19.1 Å². The molecule has 16 heavy (non-hydrogen) atoms. The molecule has 1 aliphatic rings. The van der Waals surface area contributed by atoms with Crippen LogP contribution >= 0.6 is 0 Å². The summed E-state index contributed by atoms with van der Waals surface area (Å²) in [6, 6.07) is 0.994. The highest BCUT2D eigenvalue weighted by Gasteiger charge is 2.19. The molecule has 2 N–H and O–H groups in total. The number of carbonyl (C=O) groups excluding carboxylic acids is 1. The van der Waals surface area contributed by atoms with Gasteiger partial charge in [-0.15, -0.1) is 0 Å². The van der Waals surface area contributed by atoms with E-state index in [9.17, 15) is 4.79 Å². The summed E-state index contributed by atoms with van der Waals surface area (Å²) in [7, 11) is 1.68. The summed E-state index contributed by atoms with van der Waals surface area (Å²) in [6.07, 6.45) is 3.22. The van der Waals surface area contributed by atoms with Gasteiger partial charge >= 0.3 is 0 Å². The number of amides is 1. The van der Waals surface area contributed by atoms with E-state index in [2.05, 4.69) is 29.4 Å². The van der Waals surface area contributed by atoms with E-state index >= 15 is 0 Å². The van der Waals surface area contributed by atoms with Gasteiger partial charge < -0.3 is 10.6 Å². The summed E-state index contributed by atoms with van der Waals surface area (Å²) < 4.78 is 0. The highest BCUT2D eigenvalue weighted by Crippen LogP contribution is 2.14. The first-order chi connectivity index (χ1) is 7.63. The molecule has 2 unspecified atom stereocenters. The van der Waals surface area contributed by atoms with Crippen LogP contribution in [-0.4, -0.2) is 49.6 Å². The molecule has 1 rings (SSSR count). The maximum Gasteiger partial charge on any atom is 0.221 e. The Labute approximate surface area is 98.8 Å². The maximum atomic E-state index is 11.1. The van der Waals surface area contributed by atoms with Crippen LogP contribution in [0.5, 0.6) is 0 Å². The van der Waals surface area contributed by atoms with Gasteiger partial charge in [-0.1, -0.05) is 0 Å². The van der Waals surface area contributed by atoms with Crippen LogP contribution in [0.25, 0.3) is 0 Å². The molecule has 4 nitrogen and oxygen atoms in total. The number of hydrogen-bond acceptors (Lipinski definition) is 3. The third-order valence-corrected chi connectivity index (χ3v) is 3.35. The van der Waals surface area contributed by atoms with Crippen molar-refractivity contribution in [3.63, 3.8) is 0 Å². The molecule has 0 bridgehead atoms. The Morgan fingerprint density at radius 1 is 1.56 bits per heavy atom. The van der Waals surface area contributed by atoms with Gasteiger partial charge in [0.05, 0.1) is 0 Å². The summed E-state index contributed by atoms with van der Waals surface area (Å²) in [4.78, 5) is 13.6. The number of nitrogens with zero attached hydrogens (tertiary/aromatic N) is 1. The predicted octanol–water partition coefficient (Wildman–Crippen LogP) is 0.585. The van der Waals surface area contributed by atoms with E-state index in [4.69, 9.17) is 0 Å². The molecular formula is C12H25N3O. The summed E-state index contributed by atoms with van der Waals surface area (Å²) in [5.41, 5.74) is 0. The quantitative estimate of drug-likeness (QED) is 0.698. The van der Waals surface area contributed by atoms with Crippen molar-refractivity contribution >= 4 is 5.91 Å². The van der Waals surface area contributed by atoms with Crippen molar-refractivity contribution in [2.24, 2.45) is 0 Å². The molecule has 1 amide bonds. The highest BCUT2D eigenvalue weighted by atomic mass is 16.1. The Morgan fingerprint density at radius 3 is 2.88 bits per heavy atom. The fraction of sp³-hybridized carbons (Fsp3) is 0.917. The molecule has 2 atom stereocenters. The molecule has 0 spiro atoms. The van der Waals surface area contributed by atoms with Crippen LogP contribution in [0.15, 0.2) is 0 Å². The molecule has 1 fully saturated rings. The predicted molar refractivity (Wildman–Crippen MR) is 66.4 cm³/mol. The zero-order chi connectivity index (χ0) is 12.0. The van der Waals surface area contributed by atoms with Gasteiger partial charge in [-0.05, 0) is 33.2 Å². The second kappa shape index (κ2) is 6.86. The van der Waals surface area contributed by atoms with E-state index < -0.39 is 0 Å². The van der Waals surface area contributed by atoms with Gasteiger partial charge in [0.2, 0.25) is 5.91 Å².